The van der Waals surface area contributed by atoms with Crippen LogP contribution in [0.1, 0.15) is 10.4 Å². The van der Waals surface area contributed by atoms with Gasteiger partial charge in [-0.2, -0.15) is 5.10 Å². The van der Waals surface area contributed by atoms with Gasteiger partial charge in [-0.05, 0) is 18.2 Å². The van der Waals surface area contributed by atoms with Crippen LogP contribution >= 0.6 is 11.6 Å². The van der Waals surface area contributed by atoms with E-state index in [0.717, 1.165) is 5.56 Å². The summed E-state index contributed by atoms with van der Waals surface area (Å²) in [7, 11) is 0. The van der Waals surface area contributed by atoms with Crippen molar-refractivity contribution in [1.29, 1.82) is 0 Å². The largest absolute Gasteiger partial charge is 0.337 e. The van der Waals surface area contributed by atoms with Gasteiger partial charge in [0, 0.05) is 49.2 Å². The Kier molecular flexibility index (Phi) is 4.53. The van der Waals surface area contributed by atoms with Gasteiger partial charge in [0.25, 0.3) is 5.91 Å². The van der Waals surface area contributed by atoms with Crippen LogP contribution in [0.4, 0.5) is 5.95 Å². The number of amides is 1. The number of nitrogens with zero attached hydrogens (tertiary/aromatic N) is 5. The topological polar surface area (TPSA) is 78.0 Å². The maximum atomic E-state index is 13.0. The van der Waals surface area contributed by atoms with E-state index in [4.69, 9.17) is 11.6 Å². The number of piperazine rings is 1. The second-order valence-electron chi connectivity index (χ2n) is 6.00. The van der Waals surface area contributed by atoms with Crippen molar-refractivity contribution < 1.29 is 4.79 Å². The number of hydrogen-bond acceptors (Lipinski definition) is 5. The van der Waals surface area contributed by atoms with Gasteiger partial charge >= 0.3 is 0 Å². The summed E-state index contributed by atoms with van der Waals surface area (Å²) in [6.45, 7) is 2.61. The van der Waals surface area contributed by atoms with Crippen molar-refractivity contribution >= 4 is 23.5 Å². The Balaban J connectivity index is 1.49. The monoisotopic (exact) mass is 368 g/mol. The standard InChI is InChI=1S/C18H17ClN6O/c19-14-4-1-3-13(11-14)16-15(12-22-23-16)17(26)24-7-9-25(10-8-24)18-20-5-2-6-21-18/h1-6,11-12H,7-10H2,(H,22,23). The van der Waals surface area contributed by atoms with Crippen molar-refractivity contribution in [2.75, 3.05) is 31.1 Å². The van der Waals surface area contributed by atoms with Gasteiger partial charge in [0.2, 0.25) is 5.95 Å². The van der Waals surface area contributed by atoms with Crippen LogP contribution in [-0.2, 0) is 0 Å². The Morgan fingerprint density at radius 1 is 1.08 bits per heavy atom. The quantitative estimate of drug-likeness (QED) is 0.768. The Morgan fingerprint density at radius 3 is 2.58 bits per heavy atom. The van der Waals surface area contributed by atoms with E-state index in [2.05, 4.69) is 25.1 Å². The maximum absolute atomic E-state index is 13.0. The Hall–Kier alpha value is -2.93. The molecule has 3 heterocycles. The second-order valence-corrected chi connectivity index (χ2v) is 6.43. The molecule has 1 aliphatic heterocycles. The number of aromatic amines is 1. The fourth-order valence-electron chi connectivity index (χ4n) is 3.05. The number of hydrogen-bond donors (Lipinski definition) is 1. The van der Waals surface area contributed by atoms with E-state index in [-0.39, 0.29) is 5.91 Å². The molecule has 0 aliphatic carbocycles. The molecule has 1 amide bonds. The smallest absolute Gasteiger partial charge is 0.257 e. The van der Waals surface area contributed by atoms with E-state index in [0.29, 0.717) is 48.4 Å². The molecule has 0 spiro atoms. The number of rotatable bonds is 3. The molecule has 0 saturated carbocycles. The number of nitrogens with one attached hydrogen (secondary N) is 1. The Morgan fingerprint density at radius 2 is 1.85 bits per heavy atom. The zero-order valence-corrected chi connectivity index (χ0v) is 14.7. The third-order valence-corrected chi connectivity index (χ3v) is 4.62. The predicted molar refractivity (Wildman–Crippen MR) is 99.2 cm³/mol. The van der Waals surface area contributed by atoms with Gasteiger partial charge in [-0.1, -0.05) is 23.7 Å². The average molecular weight is 369 g/mol. The number of halogens is 1. The molecule has 1 saturated heterocycles. The van der Waals surface area contributed by atoms with E-state index < -0.39 is 0 Å². The molecule has 0 unspecified atom stereocenters. The van der Waals surface area contributed by atoms with Gasteiger partial charge in [0.1, 0.15) is 0 Å². The van der Waals surface area contributed by atoms with Crippen LogP contribution in [0.5, 0.6) is 0 Å². The first-order chi connectivity index (χ1) is 12.7. The van der Waals surface area contributed by atoms with Crippen LogP contribution in [0.25, 0.3) is 11.3 Å². The van der Waals surface area contributed by atoms with Gasteiger partial charge < -0.3 is 9.80 Å². The molecule has 1 N–H and O–H groups in total. The molecule has 1 fully saturated rings. The maximum Gasteiger partial charge on any atom is 0.257 e. The molecule has 1 aromatic carbocycles. The first-order valence-corrected chi connectivity index (χ1v) is 8.71. The minimum Gasteiger partial charge on any atom is -0.337 e. The third-order valence-electron chi connectivity index (χ3n) is 4.38. The molecule has 4 rings (SSSR count). The molecule has 7 nitrogen and oxygen atoms in total. The highest BCUT2D eigenvalue weighted by Gasteiger charge is 2.26. The van der Waals surface area contributed by atoms with Gasteiger partial charge in [-0.15, -0.1) is 0 Å². The lowest BCUT2D eigenvalue weighted by Gasteiger charge is -2.34. The van der Waals surface area contributed by atoms with Crippen molar-refractivity contribution in [2.24, 2.45) is 0 Å². The van der Waals surface area contributed by atoms with Crippen molar-refractivity contribution in [2.45, 2.75) is 0 Å². The normalized spacial score (nSPS) is 14.5. The van der Waals surface area contributed by atoms with E-state index >= 15 is 0 Å². The first-order valence-electron chi connectivity index (χ1n) is 8.33. The van der Waals surface area contributed by atoms with Crippen LogP contribution in [0.2, 0.25) is 5.02 Å². The summed E-state index contributed by atoms with van der Waals surface area (Å²) in [6, 6.07) is 9.16. The minimum absolute atomic E-state index is 0.0395. The highest BCUT2D eigenvalue weighted by atomic mass is 35.5. The van der Waals surface area contributed by atoms with Crippen LogP contribution in [0, 0.1) is 0 Å². The highest BCUT2D eigenvalue weighted by molar-refractivity contribution is 6.30. The van der Waals surface area contributed by atoms with E-state index in [1.54, 1.807) is 30.7 Å². The Labute approximate surface area is 155 Å². The van der Waals surface area contributed by atoms with Crippen LogP contribution in [0.3, 0.4) is 0 Å². The van der Waals surface area contributed by atoms with Gasteiger partial charge in [-0.3, -0.25) is 9.89 Å². The molecule has 1 aliphatic rings. The predicted octanol–water partition coefficient (Wildman–Crippen LogP) is 2.48. The van der Waals surface area contributed by atoms with Gasteiger partial charge in [0.05, 0.1) is 17.5 Å². The highest BCUT2D eigenvalue weighted by Crippen LogP contribution is 2.25. The summed E-state index contributed by atoms with van der Waals surface area (Å²) >= 11 is 6.07. The zero-order valence-electron chi connectivity index (χ0n) is 14.0. The van der Waals surface area contributed by atoms with Crippen molar-refractivity contribution in [3.63, 3.8) is 0 Å². The molecule has 2 aromatic heterocycles. The first kappa shape index (κ1) is 16.5. The molecular weight excluding hydrogens is 352 g/mol. The Bertz CT molecular complexity index is 905. The summed E-state index contributed by atoms with van der Waals surface area (Å²) < 4.78 is 0. The number of carbonyl (C=O) groups excluding carboxylic acids is 1. The molecule has 132 valence electrons. The van der Waals surface area contributed by atoms with E-state index in [9.17, 15) is 4.79 Å². The lowest BCUT2D eigenvalue weighted by atomic mass is 10.1. The zero-order chi connectivity index (χ0) is 17.9. The summed E-state index contributed by atoms with van der Waals surface area (Å²) in [5, 5.41) is 7.60. The fourth-order valence-corrected chi connectivity index (χ4v) is 3.24. The van der Waals surface area contributed by atoms with Crippen LogP contribution in [0.15, 0.2) is 48.9 Å². The van der Waals surface area contributed by atoms with Crippen molar-refractivity contribution in [3.05, 3.63) is 59.5 Å². The average Bonchev–Trinajstić information content (AvgIpc) is 3.18. The number of aromatic nitrogens is 4. The van der Waals surface area contributed by atoms with E-state index in [1.165, 1.54) is 0 Å². The molecule has 26 heavy (non-hydrogen) atoms. The van der Waals surface area contributed by atoms with Crippen molar-refractivity contribution in [1.82, 2.24) is 25.1 Å². The second kappa shape index (κ2) is 7.13. The number of H-pyrrole nitrogens is 1. The van der Waals surface area contributed by atoms with E-state index in [1.807, 2.05) is 23.1 Å². The summed E-state index contributed by atoms with van der Waals surface area (Å²) in [6.07, 6.45) is 5.02. The summed E-state index contributed by atoms with van der Waals surface area (Å²) in [4.78, 5) is 25.4. The summed E-state index contributed by atoms with van der Waals surface area (Å²) in [5.74, 6) is 0.657. The number of anilines is 1. The molecule has 0 atom stereocenters. The third kappa shape index (κ3) is 3.25. The fraction of sp³-hybridized carbons (Fsp3) is 0.222. The number of benzene rings is 1. The summed E-state index contributed by atoms with van der Waals surface area (Å²) in [5.41, 5.74) is 2.08. The molecule has 0 radical (unpaired) electrons. The molecular formula is C18H17ClN6O. The lowest BCUT2D eigenvalue weighted by molar-refractivity contribution is 0.0747. The molecule has 8 heteroatoms. The van der Waals surface area contributed by atoms with Crippen LogP contribution < -0.4 is 4.90 Å². The van der Waals surface area contributed by atoms with Gasteiger partial charge in [-0.25, -0.2) is 9.97 Å². The number of carbonyl (C=O) groups is 1. The van der Waals surface area contributed by atoms with Gasteiger partial charge in [0.15, 0.2) is 0 Å². The molecule has 0 bridgehead atoms. The lowest BCUT2D eigenvalue weighted by Crippen LogP contribution is -2.49. The minimum atomic E-state index is -0.0395. The van der Waals surface area contributed by atoms with Crippen molar-refractivity contribution in [3.8, 4) is 11.3 Å². The molecule has 3 aromatic rings. The van der Waals surface area contributed by atoms with Crippen LogP contribution in [-0.4, -0.2) is 57.2 Å². The SMILES string of the molecule is O=C(c1cn[nH]c1-c1cccc(Cl)c1)N1CCN(c2ncccn2)CC1.